The van der Waals surface area contributed by atoms with E-state index in [1.54, 1.807) is 12.1 Å². The van der Waals surface area contributed by atoms with Crippen LogP contribution in [0, 0.1) is 5.82 Å². The number of pyridine rings is 1. The van der Waals surface area contributed by atoms with Crippen molar-refractivity contribution in [2.45, 2.75) is 18.9 Å². The van der Waals surface area contributed by atoms with E-state index >= 15 is 0 Å². The minimum atomic E-state index is -1.26. The molecule has 1 N–H and O–H groups in total. The lowest BCUT2D eigenvalue weighted by Crippen LogP contribution is -2.32. The zero-order valence-electron chi connectivity index (χ0n) is 14.7. The molecule has 0 radical (unpaired) electrons. The molecule has 8 heteroatoms. The Bertz CT molecular complexity index is 941. The van der Waals surface area contributed by atoms with Crippen molar-refractivity contribution in [3.8, 4) is 0 Å². The number of amides is 1. The Hall–Kier alpha value is -3.55. The summed E-state index contributed by atoms with van der Waals surface area (Å²) >= 11 is 0. The fourth-order valence-corrected chi connectivity index (χ4v) is 3.15. The van der Waals surface area contributed by atoms with Crippen molar-refractivity contribution in [2.24, 2.45) is 0 Å². The van der Waals surface area contributed by atoms with Crippen LogP contribution in [0.2, 0.25) is 0 Å². The van der Waals surface area contributed by atoms with E-state index < -0.39 is 35.3 Å². The Morgan fingerprint density at radius 3 is 2.54 bits per heavy atom. The number of likely N-dealkylation sites (tertiary alicyclic amines) is 1. The molecular formula is C20H16FN2O5-. The number of aliphatic carboxylic acids is 1. The average Bonchev–Trinajstić information content (AvgIpc) is 2.93. The third-order valence-electron chi connectivity index (χ3n) is 4.44. The standard InChI is InChI=1S/C20H17FN2O5/c21-14-7-5-12(6-8-14)18(26)16-17(13-3-1-9-22-11-13)23(20(28)19(16)27)10-2-4-15(24)25/h1,3,5-9,11,17,26H,2,4,10H2,(H,24,25)/p-1/t17-/m0/s1. The summed E-state index contributed by atoms with van der Waals surface area (Å²) in [5.74, 6) is -3.96. The van der Waals surface area contributed by atoms with Crippen LogP contribution in [0.1, 0.15) is 30.0 Å². The van der Waals surface area contributed by atoms with Gasteiger partial charge in [-0.05, 0) is 48.7 Å². The largest absolute Gasteiger partial charge is 0.550 e. The minimum Gasteiger partial charge on any atom is -0.550 e. The Labute approximate surface area is 159 Å². The molecule has 1 amide bonds. The van der Waals surface area contributed by atoms with Crippen LogP contribution in [0.3, 0.4) is 0 Å². The molecule has 1 aromatic heterocycles. The highest BCUT2D eigenvalue weighted by molar-refractivity contribution is 6.46. The van der Waals surface area contributed by atoms with Gasteiger partial charge in [-0.1, -0.05) is 6.07 Å². The first-order valence-electron chi connectivity index (χ1n) is 8.54. The number of benzene rings is 1. The first-order chi connectivity index (χ1) is 13.4. The summed E-state index contributed by atoms with van der Waals surface area (Å²) in [5, 5.41) is 21.4. The van der Waals surface area contributed by atoms with Crippen LogP contribution < -0.4 is 5.11 Å². The van der Waals surface area contributed by atoms with Crippen molar-refractivity contribution in [1.82, 2.24) is 9.88 Å². The van der Waals surface area contributed by atoms with Gasteiger partial charge in [-0.25, -0.2) is 4.39 Å². The van der Waals surface area contributed by atoms with Gasteiger partial charge in [-0.3, -0.25) is 14.6 Å². The van der Waals surface area contributed by atoms with Crippen LogP contribution >= 0.6 is 0 Å². The lowest BCUT2D eigenvalue weighted by atomic mass is 9.96. The molecule has 144 valence electrons. The van der Waals surface area contributed by atoms with Crippen molar-refractivity contribution < 1.29 is 29.0 Å². The summed E-state index contributed by atoms with van der Waals surface area (Å²) in [5.41, 5.74) is 0.514. The summed E-state index contributed by atoms with van der Waals surface area (Å²) in [6.45, 7) is -0.0156. The van der Waals surface area contributed by atoms with Gasteiger partial charge in [-0.15, -0.1) is 0 Å². The zero-order valence-corrected chi connectivity index (χ0v) is 14.7. The van der Waals surface area contributed by atoms with Crippen LogP contribution in [0.4, 0.5) is 4.39 Å². The van der Waals surface area contributed by atoms with Crippen molar-refractivity contribution in [3.63, 3.8) is 0 Å². The van der Waals surface area contributed by atoms with Crippen molar-refractivity contribution >= 4 is 23.4 Å². The molecule has 0 bridgehead atoms. The number of Topliss-reactive ketones (excluding diaryl/α,β-unsaturated/α-hetero) is 1. The van der Waals surface area contributed by atoms with E-state index in [4.69, 9.17) is 0 Å². The maximum atomic E-state index is 13.2. The molecule has 1 aliphatic heterocycles. The van der Waals surface area contributed by atoms with E-state index in [9.17, 15) is 29.0 Å². The first kappa shape index (κ1) is 19.2. The quantitative estimate of drug-likeness (QED) is 0.455. The summed E-state index contributed by atoms with van der Waals surface area (Å²) in [4.78, 5) is 41.1. The maximum absolute atomic E-state index is 13.2. The number of aliphatic hydroxyl groups excluding tert-OH is 1. The Morgan fingerprint density at radius 2 is 1.93 bits per heavy atom. The van der Waals surface area contributed by atoms with Gasteiger partial charge in [0.15, 0.2) is 0 Å². The van der Waals surface area contributed by atoms with Crippen molar-refractivity contribution in [1.29, 1.82) is 0 Å². The van der Waals surface area contributed by atoms with Crippen LogP contribution in [0.15, 0.2) is 54.4 Å². The molecule has 1 aliphatic rings. The van der Waals surface area contributed by atoms with Gasteiger partial charge in [0.25, 0.3) is 11.7 Å². The number of hydrogen-bond donors (Lipinski definition) is 1. The van der Waals surface area contributed by atoms with Crippen LogP contribution in [-0.2, 0) is 14.4 Å². The fourth-order valence-electron chi connectivity index (χ4n) is 3.15. The van der Waals surface area contributed by atoms with Gasteiger partial charge >= 0.3 is 0 Å². The van der Waals surface area contributed by atoms with Crippen LogP contribution in [0.5, 0.6) is 0 Å². The second kappa shape index (κ2) is 7.99. The van der Waals surface area contributed by atoms with Gasteiger partial charge in [0.05, 0.1) is 11.6 Å². The monoisotopic (exact) mass is 383 g/mol. The molecule has 28 heavy (non-hydrogen) atoms. The number of aliphatic hydroxyl groups is 1. The number of rotatable bonds is 6. The number of nitrogens with zero attached hydrogens (tertiary/aromatic N) is 2. The van der Waals surface area contributed by atoms with Gasteiger partial charge in [-0.2, -0.15) is 0 Å². The van der Waals surface area contributed by atoms with Crippen molar-refractivity contribution in [3.05, 3.63) is 71.3 Å². The van der Waals surface area contributed by atoms with E-state index in [1.165, 1.54) is 29.4 Å². The summed E-state index contributed by atoms with van der Waals surface area (Å²) < 4.78 is 13.2. The normalized spacial score (nSPS) is 18.5. The number of carboxylic acid groups (broad SMARTS) is 1. The van der Waals surface area contributed by atoms with Crippen molar-refractivity contribution in [2.75, 3.05) is 6.54 Å². The Balaban J connectivity index is 2.07. The number of carbonyl (C=O) groups excluding carboxylic acids is 3. The minimum absolute atomic E-state index is 0.0156. The SMILES string of the molecule is O=C([O-])CCCN1C(=O)C(=O)C(=C(O)c2ccc(F)cc2)[C@@H]1c1cccnc1. The fraction of sp³-hybridized carbons (Fsp3) is 0.200. The van der Waals surface area contributed by atoms with Crippen LogP contribution in [-0.4, -0.2) is 39.2 Å². The molecule has 0 unspecified atom stereocenters. The smallest absolute Gasteiger partial charge is 0.295 e. The highest BCUT2D eigenvalue weighted by Crippen LogP contribution is 2.39. The molecular weight excluding hydrogens is 367 g/mol. The Kier molecular flexibility index (Phi) is 5.49. The van der Waals surface area contributed by atoms with Gasteiger partial charge in [0.2, 0.25) is 0 Å². The molecule has 1 saturated heterocycles. The van der Waals surface area contributed by atoms with Crippen LogP contribution in [0.25, 0.3) is 5.76 Å². The van der Waals surface area contributed by atoms with E-state index in [-0.39, 0.29) is 30.5 Å². The molecule has 7 nitrogen and oxygen atoms in total. The average molecular weight is 383 g/mol. The number of aromatic nitrogens is 1. The number of halogens is 1. The predicted octanol–water partition coefficient (Wildman–Crippen LogP) is 1.17. The number of carboxylic acids is 1. The molecule has 2 heterocycles. The van der Waals surface area contributed by atoms with Gasteiger partial charge in [0, 0.05) is 30.5 Å². The Morgan fingerprint density at radius 1 is 1.21 bits per heavy atom. The molecule has 0 spiro atoms. The molecule has 2 aromatic rings. The molecule has 3 rings (SSSR count). The molecule has 1 fully saturated rings. The topological polar surface area (TPSA) is 111 Å². The van der Waals surface area contributed by atoms with Gasteiger partial charge < -0.3 is 19.9 Å². The molecule has 1 atom stereocenters. The lowest BCUT2D eigenvalue weighted by molar-refractivity contribution is -0.305. The summed E-state index contributed by atoms with van der Waals surface area (Å²) in [6, 6.07) is 7.19. The molecule has 0 saturated carbocycles. The maximum Gasteiger partial charge on any atom is 0.295 e. The molecule has 1 aromatic carbocycles. The predicted molar refractivity (Wildman–Crippen MR) is 93.9 cm³/mol. The number of hydrogen-bond acceptors (Lipinski definition) is 6. The lowest BCUT2D eigenvalue weighted by Gasteiger charge is -2.25. The van der Waals surface area contributed by atoms with E-state index in [0.717, 1.165) is 12.1 Å². The van der Waals surface area contributed by atoms with Gasteiger partial charge in [0.1, 0.15) is 11.6 Å². The summed E-state index contributed by atoms with van der Waals surface area (Å²) in [7, 11) is 0. The second-order valence-electron chi connectivity index (χ2n) is 6.26. The van der Waals surface area contributed by atoms with E-state index in [1.807, 2.05) is 0 Å². The van der Waals surface area contributed by atoms with E-state index in [2.05, 4.69) is 4.98 Å². The highest BCUT2D eigenvalue weighted by Gasteiger charge is 2.45. The molecule has 0 aliphatic carbocycles. The summed E-state index contributed by atoms with van der Waals surface area (Å²) in [6.07, 6.45) is 2.79. The zero-order chi connectivity index (χ0) is 20.3. The number of ketones is 1. The third-order valence-corrected chi connectivity index (χ3v) is 4.44. The third kappa shape index (κ3) is 3.75. The highest BCUT2D eigenvalue weighted by atomic mass is 19.1. The number of carbonyl (C=O) groups is 3. The second-order valence-corrected chi connectivity index (χ2v) is 6.26. The van der Waals surface area contributed by atoms with E-state index in [0.29, 0.717) is 5.56 Å². The first-order valence-corrected chi connectivity index (χ1v) is 8.54.